The summed E-state index contributed by atoms with van der Waals surface area (Å²) in [7, 11) is 0. The molecule has 14 heavy (non-hydrogen) atoms. The number of imidazole rings is 1. The summed E-state index contributed by atoms with van der Waals surface area (Å²) in [6.07, 6.45) is 5.71. The van der Waals surface area contributed by atoms with E-state index in [0.29, 0.717) is 25.0 Å². The summed E-state index contributed by atoms with van der Waals surface area (Å²) in [5, 5.41) is 8.86. The molecule has 0 aliphatic carbocycles. The minimum Gasteiger partial charge on any atom is -0.478 e. The van der Waals surface area contributed by atoms with E-state index < -0.39 is 5.97 Å². The van der Waals surface area contributed by atoms with Gasteiger partial charge in [0.25, 0.3) is 0 Å². The number of aromatic nitrogens is 2. The predicted octanol–water partition coefficient (Wildman–Crippen LogP) is 0.312. The molecule has 0 atom stereocenters. The van der Waals surface area contributed by atoms with Gasteiger partial charge in [-0.1, -0.05) is 6.08 Å². The van der Waals surface area contributed by atoms with Gasteiger partial charge in [0.1, 0.15) is 0 Å². The first-order chi connectivity index (χ1) is 6.74. The van der Waals surface area contributed by atoms with Crippen molar-refractivity contribution in [2.75, 3.05) is 6.54 Å². The summed E-state index contributed by atoms with van der Waals surface area (Å²) in [6, 6.07) is 0. The minimum absolute atomic E-state index is 0.347. The Bertz CT molecular complexity index is 317. The zero-order chi connectivity index (χ0) is 10.4. The molecule has 0 aliphatic heterocycles. The van der Waals surface area contributed by atoms with E-state index in [2.05, 4.69) is 9.97 Å². The third kappa shape index (κ3) is 3.02. The fourth-order valence-corrected chi connectivity index (χ4v) is 1.08. The van der Waals surface area contributed by atoms with Crippen LogP contribution >= 0.6 is 0 Å². The number of carbonyl (C=O) groups is 1. The maximum absolute atomic E-state index is 10.8. The Balaban J connectivity index is 2.65. The number of aliphatic carboxylic acids is 1. The molecule has 5 nitrogen and oxygen atoms in total. The highest BCUT2D eigenvalue weighted by Gasteiger charge is 2.08. The summed E-state index contributed by atoms with van der Waals surface area (Å²) in [6.45, 7) is 0.458. The van der Waals surface area contributed by atoms with E-state index >= 15 is 0 Å². The molecule has 5 heteroatoms. The SMILES string of the molecule is NCC/C=C(\Cc1cnc[nH]1)C(=O)O. The third-order valence-corrected chi connectivity index (χ3v) is 1.77. The molecule has 76 valence electrons. The fraction of sp³-hybridized carbons (Fsp3) is 0.333. The number of H-pyrrole nitrogens is 1. The van der Waals surface area contributed by atoms with Gasteiger partial charge in [-0.15, -0.1) is 0 Å². The fourth-order valence-electron chi connectivity index (χ4n) is 1.08. The molecule has 0 fully saturated rings. The molecule has 1 aromatic heterocycles. The Labute approximate surface area is 81.7 Å². The normalized spacial score (nSPS) is 11.6. The highest BCUT2D eigenvalue weighted by atomic mass is 16.4. The van der Waals surface area contributed by atoms with Crippen molar-refractivity contribution < 1.29 is 9.90 Å². The smallest absolute Gasteiger partial charge is 0.331 e. The lowest BCUT2D eigenvalue weighted by Crippen LogP contribution is -2.06. The zero-order valence-electron chi connectivity index (χ0n) is 7.73. The van der Waals surface area contributed by atoms with Crippen LogP contribution in [0, 0.1) is 0 Å². The molecule has 0 spiro atoms. The number of aromatic amines is 1. The van der Waals surface area contributed by atoms with Crippen molar-refractivity contribution in [3.05, 3.63) is 29.9 Å². The van der Waals surface area contributed by atoms with Gasteiger partial charge in [0, 0.05) is 23.9 Å². The zero-order valence-corrected chi connectivity index (χ0v) is 7.73. The van der Waals surface area contributed by atoms with Crippen LogP contribution in [0.1, 0.15) is 12.1 Å². The van der Waals surface area contributed by atoms with Crippen LogP contribution in [0.3, 0.4) is 0 Å². The molecule has 0 amide bonds. The third-order valence-electron chi connectivity index (χ3n) is 1.77. The molecule has 1 aromatic rings. The van der Waals surface area contributed by atoms with Crippen molar-refractivity contribution in [2.24, 2.45) is 5.73 Å². The van der Waals surface area contributed by atoms with Crippen molar-refractivity contribution in [3.63, 3.8) is 0 Å². The first-order valence-corrected chi connectivity index (χ1v) is 4.33. The molecular formula is C9H13N3O2. The summed E-state index contributed by atoms with van der Waals surface area (Å²) in [5.41, 5.74) is 6.43. The van der Waals surface area contributed by atoms with Crippen LogP contribution in [0.2, 0.25) is 0 Å². The van der Waals surface area contributed by atoms with Crippen LogP contribution in [-0.4, -0.2) is 27.6 Å². The highest BCUT2D eigenvalue weighted by molar-refractivity contribution is 5.86. The van der Waals surface area contributed by atoms with Crippen LogP contribution in [-0.2, 0) is 11.2 Å². The van der Waals surface area contributed by atoms with E-state index in [1.807, 2.05) is 0 Å². The average Bonchev–Trinajstić information content (AvgIpc) is 2.64. The van der Waals surface area contributed by atoms with E-state index in [-0.39, 0.29) is 0 Å². The number of nitrogens with zero attached hydrogens (tertiary/aromatic N) is 1. The van der Waals surface area contributed by atoms with Gasteiger partial charge in [-0.2, -0.15) is 0 Å². The molecule has 0 bridgehead atoms. The van der Waals surface area contributed by atoms with Gasteiger partial charge >= 0.3 is 5.97 Å². The highest BCUT2D eigenvalue weighted by Crippen LogP contribution is 2.05. The molecular weight excluding hydrogens is 182 g/mol. The average molecular weight is 195 g/mol. The van der Waals surface area contributed by atoms with Crippen LogP contribution in [0.25, 0.3) is 0 Å². The van der Waals surface area contributed by atoms with Gasteiger partial charge in [-0.05, 0) is 13.0 Å². The van der Waals surface area contributed by atoms with Crippen LogP contribution in [0.5, 0.6) is 0 Å². The van der Waals surface area contributed by atoms with Crippen LogP contribution in [0.4, 0.5) is 0 Å². The monoisotopic (exact) mass is 195 g/mol. The number of nitrogens with two attached hydrogens (primary N) is 1. The molecule has 0 saturated heterocycles. The summed E-state index contributed by atoms with van der Waals surface area (Å²) < 4.78 is 0. The van der Waals surface area contributed by atoms with Gasteiger partial charge < -0.3 is 15.8 Å². The van der Waals surface area contributed by atoms with E-state index in [0.717, 1.165) is 5.69 Å². The van der Waals surface area contributed by atoms with Crippen molar-refractivity contribution >= 4 is 5.97 Å². The lowest BCUT2D eigenvalue weighted by atomic mass is 10.1. The van der Waals surface area contributed by atoms with E-state index in [1.165, 1.54) is 6.33 Å². The topological polar surface area (TPSA) is 92.0 Å². The molecule has 0 radical (unpaired) electrons. The number of hydrogen-bond acceptors (Lipinski definition) is 3. The van der Waals surface area contributed by atoms with Crippen molar-refractivity contribution in [3.8, 4) is 0 Å². The number of hydrogen-bond donors (Lipinski definition) is 3. The number of carboxylic acid groups (broad SMARTS) is 1. The van der Waals surface area contributed by atoms with Gasteiger partial charge in [-0.25, -0.2) is 9.78 Å². The Morgan fingerprint density at radius 1 is 1.71 bits per heavy atom. The number of nitrogens with one attached hydrogen (secondary N) is 1. The van der Waals surface area contributed by atoms with E-state index in [4.69, 9.17) is 10.8 Å². The molecule has 0 saturated carbocycles. The van der Waals surface area contributed by atoms with Gasteiger partial charge in [0.2, 0.25) is 0 Å². The Hall–Kier alpha value is -1.62. The molecule has 0 unspecified atom stereocenters. The Morgan fingerprint density at radius 2 is 2.50 bits per heavy atom. The summed E-state index contributed by atoms with van der Waals surface area (Å²) >= 11 is 0. The van der Waals surface area contributed by atoms with Gasteiger partial charge in [0.05, 0.1) is 6.33 Å². The first-order valence-electron chi connectivity index (χ1n) is 4.33. The van der Waals surface area contributed by atoms with Crippen molar-refractivity contribution in [1.29, 1.82) is 0 Å². The lowest BCUT2D eigenvalue weighted by molar-refractivity contribution is -0.132. The molecule has 1 rings (SSSR count). The predicted molar refractivity (Wildman–Crippen MR) is 51.7 cm³/mol. The van der Waals surface area contributed by atoms with Gasteiger partial charge in [0.15, 0.2) is 0 Å². The second kappa shape index (κ2) is 5.18. The Morgan fingerprint density at radius 3 is 3.00 bits per heavy atom. The van der Waals surface area contributed by atoms with E-state index in [9.17, 15) is 4.79 Å². The molecule has 0 aliphatic rings. The summed E-state index contributed by atoms with van der Waals surface area (Å²) in [4.78, 5) is 17.5. The minimum atomic E-state index is -0.909. The van der Waals surface area contributed by atoms with E-state index in [1.54, 1.807) is 12.3 Å². The van der Waals surface area contributed by atoms with Crippen molar-refractivity contribution in [1.82, 2.24) is 9.97 Å². The lowest BCUT2D eigenvalue weighted by Gasteiger charge is -1.99. The molecule has 1 heterocycles. The Kier molecular flexibility index (Phi) is 3.87. The molecule has 0 aromatic carbocycles. The number of carboxylic acids is 1. The first kappa shape index (κ1) is 10.5. The molecule has 4 N–H and O–H groups in total. The standard InChI is InChI=1S/C9H13N3O2/c10-3-1-2-7(9(13)14)4-8-5-11-6-12-8/h2,5-6H,1,3-4,10H2,(H,11,12)(H,13,14)/b7-2+. The second-order valence-electron chi connectivity index (χ2n) is 2.87. The maximum Gasteiger partial charge on any atom is 0.331 e. The summed E-state index contributed by atoms with van der Waals surface area (Å²) in [5.74, 6) is -0.909. The maximum atomic E-state index is 10.8. The quantitative estimate of drug-likeness (QED) is 0.590. The van der Waals surface area contributed by atoms with Crippen molar-refractivity contribution in [2.45, 2.75) is 12.8 Å². The number of rotatable bonds is 5. The van der Waals surface area contributed by atoms with Crippen LogP contribution in [0.15, 0.2) is 24.2 Å². The second-order valence-corrected chi connectivity index (χ2v) is 2.87. The van der Waals surface area contributed by atoms with Crippen LogP contribution < -0.4 is 5.73 Å². The largest absolute Gasteiger partial charge is 0.478 e. The van der Waals surface area contributed by atoms with Gasteiger partial charge in [-0.3, -0.25) is 0 Å².